The normalized spacial score (nSPS) is 16.3. The monoisotopic (exact) mass is 430 g/mol. The largest absolute Gasteiger partial charge is 0.481 e. The minimum atomic E-state index is -3.48. The molecule has 7 heteroatoms. The van der Waals surface area contributed by atoms with E-state index in [9.17, 15) is 13.2 Å². The van der Waals surface area contributed by atoms with Gasteiger partial charge in [0.25, 0.3) is 5.91 Å². The van der Waals surface area contributed by atoms with Crippen LogP contribution >= 0.6 is 0 Å². The number of benzene rings is 2. The Labute approximate surface area is 179 Å². The first-order valence-electron chi connectivity index (χ1n) is 10.5. The minimum absolute atomic E-state index is 0.248. The maximum Gasteiger partial charge on any atom is 0.265 e. The van der Waals surface area contributed by atoms with Crippen molar-refractivity contribution in [2.75, 3.05) is 18.4 Å². The molecule has 1 saturated heterocycles. The number of anilines is 1. The molecule has 1 amide bonds. The zero-order valence-corrected chi connectivity index (χ0v) is 18.6. The number of para-hydroxylation sites is 1. The third-order valence-electron chi connectivity index (χ3n) is 5.29. The highest BCUT2D eigenvalue weighted by Gasteiger charge is 2.26. The first-order valence-corrected chi connectivity index (χ1v) is 11.9. The smallest absolute Gasteiger partial charge is 0.265 e. The van der Waals surface area contributed by atoms with Gasteiger partial charge >= 0.3 is 0 Å². The molecule has 3 rings (SSSR count). The highest BCUT2D eigenvalue weighted by Crippen LogP contribution is 2.27. The molecule has 0 saturated carbocycles. The molecule has 1 aliphatic heterocycles. The highest BCUT2D eigenvalue weighted by molar-refractivity contribution is 7.89. The molecular weight excluding hydrogens is 400 g/mol. The number of ether oxygens (including phenoxy) is 1. The average molecular weight is 431 g/mol. The number of piperidine rings is 1. The van der Waals surface area contributed by atoms with E-state index in [2.05, 4.69) is 19.2 Å². The standard InChI is InChI=1S/C23H30N2O4S/c1-17(2)21-9-5-6-10-22(21)29-18(3)23(26)24-19-11-13-20(14-12-19)30(27,28)25-15-7-4-8-16-25/h5-6,9-14,17-18H,4,7-8,15-16H2,1-3H3,(H,24,26)/t18-/m0/s1. The molecule has 0 radical (unpaired) electrons. The van der Waals surface area contributed by atoms with Crippen molar-refractivity contribution in [3.8, 4) is 5.75 Å². The van der Waals surface area contributed by atoms with Gasteiger partial charge in [0.2, 0.25) is 10.0 Å². The summed E-state index contributed by atoms with van der Waals surface area (Å²) in [5, 5.41) is 2.80. The van der Waals surface area contributed by atoms with Gasteiger partial charge < -0.3 is 10.1 Å². The van der Waals surface area contributed by atoms with Crippen molar-refractivity contribution in [3.05, 3.63) is 54.1 Å². The summed E-state index contributed by atoms with van der Waals surface area (Å²) in [6.07, 6.45) is 2.16. The molecule has 2 aromatic carbocycles. The molecule has 1 fully saturated rings. The van der Waals surface area contributed by atoms with Crippen LogP contribution in [0.5, 0.6) is 5.75 Å². The van der Waals surface area contributed by atoms with Crippen molar-refractivity contribution in [2.24, 2.45) is 0 Å². The van der Waals surface area contributed by atoms with Crippen molar-refractivity contribution in [3.63, 3.8) is 0 Å². The van der Waals surface area contributed by atoms with Crippen LogP contribution in [0.15, 0.2) is 53.4 Å². The fraction of sp³-hybridized carbons (Fsp3) is 0.435. The second-order valence-electron chi connectivity index (χ2n) is 7.93. The van der Waals surface area contributed by atoms with Crippen LogP contribution in [-0.2, 0) is 14.8 Å². The average Bonchev–Trinajstić information content (AvgIpc) is 2.75. The van der Waals surface area contributed by atoms with Crippen molar-refractivity contribution in [2.45, 2.75) is 57.0 Å². The first-order chi connectivity index (χ1) is 14.3. The number of nitrogens with one attached hydrogen (secondary N) is 1. The number of amides is 1. The number of carbonyl (C=O) groups excluding carboxylic acids is 1. The molecule has 2 aromatic rings. The number of rotatable bonds is 7. The third-order valence-corrected chi connectivity index (χ3v) is 7.20. The lowest BCUT2D eigenvalue weighted by Crippen LogP contribution is -2.35. The summed E-state index contributed by atoms with van der Waals surface area (Å²) in [7, 11) is -3.48. The van der Waals surface area contributed by atoms with Gasteiger partial charge in [-0.1, -0.05) is 38.5 Å². The first kappa shape index (κ1) is 22.3. The van der Waals surface area contributed by atoms with Gasteiger partial charge in [-0.25, -0.2) is 8.42 Å². The Hall–Kier alpha value is -2.38. The van der Waals surface area contributed by atoms with Crippen LogP contribution in [0.4, 0.5) is 5.69 Å². The van der Waals surface area contributed by atoms with Gasteiger partial charge in [0.1, 0.15) is 5.75 Å². The van der Waals surface area contributed by atoms with E-state index in [1.807, 2.05) is 24.3 Å². The van der Waals surface area contributed by atoms with E-state index in [0.717, 1.165) is 24.8 Å². The van der Waals surface area contributed by atoms with Crippen molar-refractivity contribution in [1.82, 2.24) is 4.31 Å². The SMILES string of the molecule is CC(C)c1ccccc1O[C@@H](C)C(=O)Nc1ccc(S(=O)(=O)N2CCCCC2)cc1. The van der Waals surface area contributed by atoms with E-state index in [0.29, 0.717) is 24.5 Å². The molecule has 6 nitrogen and oxygen atoms in total. The zero-order chi connectivity index (χ0) is 21.7. The lowest BCUT2D eigenvalue weighted by molar-refractivity contribution is -0.122. The van der Waals surface area contributed by atoms with Gasteiger partial charge in [0, 0.05) is 18.8 Å². The van der Waals surface area contributed by atoms with Gasteiger partial charge in [-0.3, -0.25) is 4.79 Å². The summed E-state index contributed by atoms with van der Waals surface area (Å²) < 4.78 is 32.9. The lowest BCUT2D eigenvalue weighted by Gasteiger charge is -2.25. The highest BCUT2D eigenvalue weighted by atomic mass is 32.2. The van der Waals surface area contributed by atoms with E-state index in [4.69, 9.17) is 4.74 Å². The molecule has 1 N–H and O–H groups in total. The molecule has 1 heterocycles. The molecule has 0 aromatic heterocycles. The summed E-state index contributed by atoms with van der Waals surface area (Å²) in [5.41, 5.74) is 1.58. The molecule has 0 bridgehead atoms. The molecule has 1 atom stereocenters. The Morgan fingerprint density at radius 3 is 2.23 bits per heavy atom. The topological polar surface area (TPSA) is 75.7 Å². The molecule has 30 heavy (non-hydrogen) atoms. The fourth-order valence-electron chi connectivity index (χ4n) is 3.52. The molecule has 1 aliphatic rings. The Balaban J connectivity index is 1.64. The van der Waals surface area contributed by atoms with Crippen LogP contribution in [0, 0.1) is 0 Å². The van der Waals surface area contributed by atoms with Gasteiger partial charge in [-0.15, -0.1) is 0 Å². The summed E-state index contributed by atoms with van der Waals surface area (Å²) in [6.45, 7) is 6.97. The summed E-state index contributed by atoms with van der Waals surface area (Å²) in [5.74, 6) is 0.684. The van der Waals surface area contributed by atoms with Crippen molar-refractivity contribution < 1.29 is 17.9 Å². The Morgan fingerprint density at radius 2 is 1.60 bits per heavy atom. The Kier molecular flexibility index (Phi) is 7.15. The molecular formula is C23H30N2O4S. The predicted octanol–water partition coefficient (Wildman–Crippen LogP) is 4.39. The quantitative estimate of drug-likeness (QED) is 0.707. The number of hydrogen-bond donors (Lipinski definition) is 1. The van der Waals surface area contributed by atoms with E-state index in [1.165, 1.54) is 4.31 Å². The van der Waals surface area contributed by atoms with Gasteiger partial charge in [0.05, 0.1) is 4.90 Å². The van der Waals surface area contributed by atoms with Crippen LogP contribution < -0.4 is 10.1 Å². The Bertz CT molecular complexity index is 965. The predicted molar refractivity (Wildman–Crippen MR) is 118 cm³/mol. The van der Waals surface area contributed by atoms with Gasteiger partial charge in [-0.05, 0) is 61.6 Å². The van der Waals surface area contributed by atoms with Crippen molar-refractivity contribution in [1.29, 1.82) is 0 Å². The van der Waals surface area contributed by atoms with Crippen LogP contribution in [0.25, 0.3) is 0 Å². The summed E-state index contributed by atoms with van der Waals surface area (Å²) in [4.78, 5) is 12.8. The van der Waals surface area contributed by atoms with Gasteiger partial charge in [-0.2, -0.15) is 4.31 Å². The second kappa shape index (κ2) is 9.62. The van der Waals surface area contributed by atoms with E-state index < -0.39 is 16.1 Å². The summed E-state index contributed by atoms with van der Waals surface area (Å²) >= 11 is 0. The minimum Gasteiger partial charge on any atom is -0.481 e. The number of carbonyl (C=O) groups is 1. The van der Waals surface area contributed by atoms with Crippen molar-refractivity contribution >= 4 is 21.6 Å². The van der Waals surface area contributed by atoms with Gasteiger partial charge in [0.15, 0.2) is 6.10 Å². The number of sulfonamides is 1. The second-order valence-corrected chi connectivity index (χ2v) is 9.87. The number of hydrogen-bond acceptors (Lipinski definition) is 4. The van der Waals surface area contributed by atoms with Crippen LogP contribution in [-0.4, -0.2) is 37.8 Å². The van der Waals surface area contributed by atoms with Crippen LogP contribution in [0.3, 0.4) is 0 Å². The maximum absolute atomic E-state index is 12.7. The van der Waals surface area contributed by atoms with E-state index in [1.54, 1.807) is 31.2 Å². The zero-order valence-electron chi connectivity index (χ0n) is 17.8. The molecule has 0 aliphatic carbocycles. The van der Waals surface area contributed by atoms with Crippen LogP contribution in [0.2, 0.25) is 0 Å². The van der Waals surface area contributed by atoms with E-state index in [-0.39, 0.29) is 16.7 Å². The summed E-state index contributed by atoms with van der Waals surface area (Å²) in [6, 6.07) is 14.0. The third kappa shape index (κ3) is 5.21. The lowest BCUT2D eigenvalue weighted by atomic mass is 10.0. The molecule has 0 unspecified atom stereocenters. The maximum atomic E-state index is 12.7. The Morgan fingerprint density at radius 1 is 0.967 bits per heavy atom. The number of nitrogens with zero attached hydrogens (tertiary/aromatic N) is 1. The van der Waals surface area contributed by atoms with Crippen LogP contribution in [0.1, 0.15) is 51.5 Å². The molecule has 0 spiro atoms. The fourth-order valence-corrected chi connectivity index (χ4v) is 5.03. The molecule has 162 valence electrons. The van der Waals surface area contributed by atoms with E-state index >= 15 is 0 Å².